The van der Waals surface area contributed by atoms with E-state index < -0.39 is 0 Å². The van der Waals surface area contributed by atoms with E-state index >= 15 is 0 Å². The summed E-state index contributed by atoms with van der Waals surface area (Å²) in [5.41, 5.74) is 2.15. The molecule has 0 fully saturated rings. The Balaban J connectivity index is 1.98. The molecule has 2 aromatic rings. The van der Waals surface area contributed by atoms with E-state index in [1.54, 1.807) is 11.3 Å². The maximum atomic E-state index is 4.37. The van der Waals surface area contributed by atoms with Crippen LogP contribution in [-0.2, 0) is 6.54 Å². The Bertz CT molecular complexity index is 467. The Kier molecular flexibility index (Phi) is 4.47. The average Bonchev–Trinajstić information content (AvgIpc) is 2.74. The van der Waals surface area contributed by atoms with Crippen LogP contribution in [0.1, 0.15) is 18.2 Å². The second-order valence-corrected chi connectivity index (χ2v) is 5.58. The van der Waals surface area contributed by atoms with Crippen molar-refractivity contribution < 1.29 is 0 Å². The van der Waals surface area contributed by atoms with Crippen molar-refractivity contribution in [2.45, 2.75) is 29.9 Å². The second kappa shape index (κ2) is 6.09. The van der Waals surface area contributed by atoms with Gasteiger partial charge in [0.15, 0.2) is 9.50 Å². The number of hydrogen-bond acceptors (Lipinski definition) is 6. The third-order valence-corrected chi connectivity index (χ3v) is 3.99. The smallest absolute Gasteiger partial charge is 0.194 e. The SMILES string of the molecule is CCNCc1cnc(Sc2nc(C)cs2)nc1. The topological polar surface area (TPSA) is 50.7 Å². The molecule has 0 aliphatic heterocycles. The van der Waals surface area contributed by atoms with Gasteiger partial charge in [-0.1, -0.05) is 6.92 Å². The highest BCUT2D eigenvalue weighted by Gasteiger charge is 2.04. The first-order valence-electron chi connectivity index (χ1n) is 5.39. The summed E-state index contributed by atoms with van der Waals surface area (Å²) in [7, 11) is 0. The molecule has 2 heterocycles. The van der Waals surface area contributed by atoms with Crippen molar-refractivity contribution in [1.82, 2.24) is 20.3 Å². The third-order valence-electron chi connectivity index (χ3n) is 2.04. The third kappa shape index (κ3) is 3.76. The van der Waals surface area contributed by atoms with Gasteiger partial charge < -0.3 is 5.32 Å². The normalized spacial score (nSPS) is 10.7. The molecule has 6 heteroatoms. The summed E-state index contributed by atoms with van der Waals surface area (Å²) in [6.07, 6.45) is 3.72. The molecule has 0 amide bonds. The van der Waals surface area contributed by atoms with Crippen molar-refractivity contribution in [1.29, 1.82) is 0 Å². The van der Waals surface area contributed by atoms with Crippen molar-refractivity contribution >= 4 is 23.1 Å². The maximum Gasteiger partial charge on any atom is 0.194 e. The van der Waals surface area contributed by atoms with Crippen LogP contribution in [0.25, 0.3) is 0 Å². The summed E-state index contributed by atoms with van der Waals surface area (Å²) in [6.45, 7) is 5.84. The minimum Gasteiger partial charge on any atom is -0.313 e. The zero-order chi connectivity index (χ0) is 12.1. The van der Waals surface area contributed by atoms with Crippen LogP contribution in [0.2, 0.25) is 0 Å². The first-order chi connectivity index (χ1) is 8.28. The number of aryl methyl sites for hydroxylation is 1. The molecule has 2 aromatic heterocycles. The van der Waals surface area contributed by atoms with Crippen molar-refractivity contribution in [3.63, 3.8) is 0 Å². The molecule has 0 radical (unpaired) electrons. The molecule has 0 bridgehead atoms. The number of thiazole rings is 1. The average molecular weight is 266 g/mol. The van der Waals surface area contributed by atoms with E-state index in [-0.39, 0.29) is 0 Å². The molecule has 2 rings (SSSR count). The molecule has 0 aliphatic rings. The Labute approximate surface area is 109 Å². The van der Waals surface area contributed by atoms with Gasteiger partial charge in [0.1, 0.15) is 0 Å². The minimum atomic E-state index is 0.750. The standard InChI is InChI=1S/C11H14N4S2/c1-3-12-4-9-5-13-10(14-6-9)17-11-15-8(2)7-16-11/h5-7,12H,3-4H2,1-2H3. The fourth-order valence-corrected chi connectivity index (χ4v) is 2.85. The van der Waals surface area contributed by atoms with Gasteiger partial charge in [-0.15, -0.1) is 11.3 Å². The Hall–Kier alpha value is -0.980. The summed E-state index contributed by atoms with van der Waals surface area (Å²) in [5, 5.41) is 6.02. The number of aromatic nitrogens is 3. The highest BCUT2D eigenvalue weighted by atomic mass is 32.2. The van der Waals surface area contributed by atoms with Gasteiger partial charge in [0.25, 0.3) is 0 Å². The van der Waals surface area contributed by atoms with Crippen LogP contribution in [-0.4, -0.2) is 21.5 Å². The second-order valence-electron chi connectivity index (χ2n) is 3.51. The van der Waals surface area contributed by atoms with E-state index in [0.717, 1.165) is 33.8 Å². The monoisotopic (exact) mass is 266 g/mol. The molecular weight excluding hydrogens is 252 g/mol. The summed E-state index contributed by atoms with van der Waals surface area (Å²) >= 11 is 3.13. The van der Waals surface area contributed by atoms with Crippen molar-refractivity contribution in [2.24, 2.45) is 0 Å². The van der Waals surface area contributed by atoms with Crippen molar-refractivity contribution in [3.8, 4) is 0 Å². The number of nitrogens with zero attached hydrogens (tertiary/aromatic N) is 3. The lowest BCUT2D eigenvalue weighted by Gasteiger charge is -2.01. The summed E-state index contributed by atoms with van der Waals surface area (Å²) in [6, 6.07) is 0. The predicted molar refractivity (Wildman–Crippen MR) is 70.4 cm³/mol. The number of hydrogen-bond donors (Lipinski definition) is 1. The van der Waals surface area contributed by atoms with E-state index in [1.807, 2.05) is 24.7 Å². The minimum absolute atomic E-state index is 0.750. The molecule has 0 saturated heterocycles. The molecular formula is C11H14N4S2. The van der Waals surface area contributed by atoms with E-state index in [0.29, 0.717) is 0 Å². The van der Waals surface area contributed by atoms with Gasteiger partial charge in [-0.05, 0) is 25.2 Å². The molecule has 90 valence electrons. The lowest BCUT2D eigenvalue weighted by molar-refractivity contribution is 0.716. The molecule has 1 N–H and O–H groups in total. The van der Waals surface area contributed by atoms with Gasteiger partial charge in [-0.2, -0.15) is 0 Å². The van der Waals surface area contributed by atoms with E-state index in [1.165, 1.54) is 11.8 Å². The molecule has 0 atom stereocenters. The van der Waals surface area contributed by atoms with Gasteiger partial charge in [0, 0.05) is 35.6 Å². The van der Waals surface area contributed by atoms with Crippen LogP contribution >= 0.6 is 23.1 Å². The highest BCUT2D eigenvalue weighted by molar-refractivity contribution is 8.00. The van der Waals surface area contributed by atoms with E-state index in [2.05, 4.69) is 27.2 Å². The Morgan fingerprint density at radius 2 is 2.12 bits per heavy atom. The summed E-state index contributed by atoms with van der Waals surface area (Å²) < 4.78 is 0.988. The molecule has 0 spiro atoms. The zero-order valence-corrected chi connectivity index (χ0v) is 11.4. The largest absolute Gasteiger partial charge is 0.313 e. The summed E-state index contributed by atoms with van der Waals surface area (Å²) in [4.78, 5) is 13.0. The maximum absolute atomic E-state index is 4.37. The van der Waals surface area contributed by atoms with Crippen LogP contribution in [0.5, 0.6) is 0 Å². The van der Waals surface area contributed by atoms with Crippen molar-refractivity contribution in [2.75, 3.05) is 6.54 Å². The van der Waals surface area contributed by atoms with Crippen LogP contribution in [0, 0.1) is 6.92 Å². The van der Waals surface area contributed by atoms with Gasteiger partial charge in [-0.3, -0.25) is 0 Å². The molecule has 0 unspecified atom stereocenters. The number of rotatable bonds is 5. The Morgan fingerprint density at radius 1 is 1.35 bits per heavy atom. The van der Waals surface area contributed by atoms with Gasteiger partial charge >= 0.3 is 0 Å². The van der Waals surface area contributed by atoms with Crippen LogP contribution in [0.15, 0.2) is 27.3 Å². The zero-order valence-electron chi connectivity index (χ0n) is 9.80. The highest BCUT2D eigenvalue weighted by Crippen LogP contribution is 2.27. The number of nitrogens with one attached hydrogen (secondary N) is 1. The first-order valence-corrected chi connectivity index (χ1v) is 7.09. The molecule has 0 saturated carbocycles. The van der Waals surface area contributed by atoms with Crippen molar-refractivity contribution in [3.05, 3.63) is 29.0 Å². The van der Waals surface area contributed by atoms with E-state index in [4.69, 9.17) is 0 Å². The van der Waals surface area contributed by atoms with Gasteiger partial charge in [-0.25, -0.2) is 15.0 Å². The fraction of sp³-hybridized carbons (Fsp3) is 0.364. The van der Waals surface area contributed by atoms with Gasteiger partial charge in [0.2, 0.25) is 0 Å². The first kappa shape index (κ1) is 12.5. The quantitative estimate of drug-likeness (QED) is 0.843. The Morgan fingerprint density at radius 3 is 2.71 bits per heavy atom. The lowest BCUT2D eigenvalue weighted by atomic mass is 10.3. The molecule has 0 aliphatic carbocycles. The fourth-order valence-electron chi connectivity index (χ4n) is 1.21. The molecule has 17 heavy (non-hydrogen) atoms. The summed E-state index contributed by atoms with van der Waals surface area (Å²) in [5.74, 6) is 0. The van der Waals surface area contributed by atoms with Gasteiger partial charge in [0.05, 0.1) is 0 Å². The van der Waals surface area contributed by atoms with Crippen LogP contribution in [0.3, 0.4) is 0 Å². The van der Waals surface area contributed by atoms with Crippen LogP contribution < -0.4 is 5.32 Å². The van der Waals surface area contributed by atoms with Crippen LogP contribution in [0.4, 0.5) is 0 Å². The molecule has 4 nitrogen and oxygen atoms in total. The molecule has 0 aromatic carbocycles. The van der Waals surface area contributed by atoms with E-state index in [9.17, 15) is 0 Å². The predicted octanol–water partition coefficient (Wildman–Crippen LogP) is 2.50. The lowest BCUT2D eigenvalue weighted by Crippen LogP contribution is -2.12.